The maximum Gasteiger partial charge on any atom is 0.209 e. The Morgan fingerprint density at radius 1 is 1.50 bits per heavy atom. The van der Waals surface area contributed by atoms with Crippen molar-refractivity contribution in [1.29, 1.82) is 0 Å². The van der Waals surface area contributed by atoms with Crippen molar-refractivity contribution in [1.82, 2.24) is 4.98 Å². The fraction of sp³-hybridized carbons (Fsp3) is 0.625. The van der Waals surface area contributed by atoms with E-state index in [1.165, 1.54) is 0 Å². The van der Waals surface area contributed by atoms with Crippen molar-refractivity contribution >= 4 is 21.2 Å². The number of ether oxygens (including phenoxy) is 1. The number of hydrogen-bond acceptors (Lipinski definition) is 5. The first-order chi connectivity index (χ1) is 6.27. The molecule has 1 rings (SSSR count). The molecule has 0 unspecified atom stereocenters. The highest BCUT2D eigenvalue weighted by molar-refractivity contribution is 7.92. The molecule has 0 aliphatic heterocycles. The van der Waals surface area contributed by atoms with Gasteiger partial charge in [0, 0.05) is 19.6 Å². The highest BCUT2D eigenvalue weighted by Crippen LogP contribution is 2.30. The maximum atomic E-state index is 11.2. The van der Waals surface area contributed by atoms with E-state index in [-0.39, 0.29) is 4.34 Å². The minimum absolute atomic E-state index is 0.137. The van der Waals surface area contributed by atoms with Crippen LogP contribution in [-0.2, 0) is 20.2 Å². The zero-order valence-corrected chi connectivity index (χ0v) is 10.2. The number of aromatic nitrogens is 1. The van der Waals surface area contributed by atoms with Crippen LogP contribution in [0.1, 0.15) is 18.7 Å². The Morgan fingerprint density at radius 3 is 2.43 bits per heavy atom. The van der Waals surface area contributed by atoms with Crippen molar-refractivity contribution in [3.05, 3.63) is 11.1 Å². The van der Waals surface area contributed by atoms with E-state index in [2.05, 4.69) is 4.98 Å². The van der Waals surface area contributed by atoms with Gasteiger partial charge in [-0.2, -0.15) is 0 Å². The van der Waals surface area contributed by atoms with Crippen molar-refractivity contribution in [3.8, 4) is 0 Å². The van der Waals surface area contributed by atoms with Gasteiger partial charge in [-0.3, -0.25) is 0 Å². The third kappa shape index (κ3) is 2.31. The Hall–Kier alpha value is -0.460. The van der Waals surface area contributed by atoms with Crippen LogP contribution in [0.3, 0.4) is 0 Å². The summed E-state index contributed by atoms with van der Waals surface area (Å²) in [7, 11) is -1.62. The first-order valence-electron chi connectivity index (χ1n) is 3.99. The first kappa shape index (κ1) is 11.6. The molecule has 0 aromatic carbocycles. The number of rotatable bonds is 3. The lowest BCUT2D eigenvalue weighted by Gasteiger charge is -2.19. The molecular weight excluding hydrogens is 222 g/mol. The van der Waals surface area contributed by atoms with E-state index < -0.39 is 15.4 Å². The second-order valence-corrected chi connectivity index (χ2v) is 6.70. The fourth-order valence-corrected chi connectivity index (χ4v) is 2.66. The third-order valence-corrected chi connectivity index (χ3v) is 4.90. The van der Waals surface area contributed by atoms with Gasteiger partial charge in [0.2, 0.25) is 14.2 Å². The summed E-state index contributed by atoms with van der Waals surface area (Å²) in [6.45, 7) is 3.74. The first-order valence-corrected chi connectivity index (χ1v) is 6.69. The van der Waals surface area contributed by atoms with Crippen molar-refractivity contribution in [2.75, 3.05) is 13.4 Å². The van der Waals surface area contributed by atoms with Crippen LogP contribution < -0.4 is 0 Å². The molecule has 0 saturated heterocycles. The smallest absolute Gasteiger partial charge is 0.209 e. The molecule has 0 aliphatic carbocycles. The largest absolute Gasteiger partial charge is 0.373 e. The molecule has 0 bridgehead atoms. The molecular formula is C8H13NO3S2. The Kier molecular flexibility index (Phi) is 2.99. The summed E-state index contributed by atoms with van der Waals surface area (Å²) in [5.74, 6) is 0. The normalized spacial score (nSPS) is 13.1. The average molecular weight is 235 g/mol. The predicted octanol–water partition coefficient (Wildman–Crippen LogP) is 1.43. The lowest BCUT2D eigenvalue weighted by atomic mass is 10.1. The van der Waals surface area contributed by atoms with Gasteiger partial charge in [-0.25, -0.2) is 13.4 Å². The number of nitrogens with zero attached hydrogens (tertiary/aromatic N) is 1. The number of sulfone groups is 1. The van der Waals surface area contributed by atoms with Crippen LogP contribution in [0, 0.1) is 0 Å². The number of methoxy groups -OCH3 is 1. The molecule has 1 aromatic heterocycles. The predicted molar refractivity (Wildman–Crippen MR) is 55.3 cm³/mol. The highest BCUT2D eigenvalue weighted by Gasteiger charge is 2.24. The van der Waals surface area contributed by atoms with Crippen LogP contribution >= 0.6 is 11.3 Å². The minimum atomic E-state index is -3.20. The van der Waals surface area contributed by atoms with Crippen molar-refractivity contribution in [2.24, 2.45) is 0 Å². The second kappa shape index (κ2) is 3.60. The summed E-state index contributed by atoms with van der Waals surface area (Å²) in [5.41, 5.74) is -0.486. The number of thiazole rings is 1. The Labute approximate surface area is 87.9 Å². The van der Waals surface area contributed by atoms with Crippen LogP contribution in [0.25, 0.3) is 0 Å². The molecule has 4 nitrogen and oxygen atoms in total. The molecule has 0 aliphatic rings. The molecule has 1 aromatic rings. The zero-order chi connectivity index (χ0) is 11.0. The summed E-state index contributed by atoms with van der Waals surface area (Å²) in [6.07, 6.45) is 2.69. The maximum absolute atomic E-state index is 11.2. The summed E-state index contributed by atoms with van der Waals surface area (Å²) in [4.78, 5) is 4.66. The Morgan fingerprint density at radius 2 is 2.07 bits per heavy atom. The monoisotopic (exact) mass is 235 g/mol. The van der Waals surface area contributed by atoms with Crippen LogP contribution in [0.5, 0.6) is 0 Å². The second-order valence-electron chi connectivity index (χ2n) is 3.48. The van der Waals surface area contributed by atoms with Gasteiger partial charge >= 0.3 is 0 Å². The molecule has 0 spiro atoms. The highest BCUT2D eigenvalue weighted by atomic mass is 32.2. The van der Waals surface area contributed by atoms with E-state index in [1.807, 2.05) is 13.8 Å². The minimum Gasteiger partial charge on any atom is -0.373 e. The van der Waals surface area contributed by atoms with Crippen LogP contribution in [0.15, 0.2) is 10.5 Å². The molecule has 0 fully saturated rings. The Balaban J connectivity index is 3.13. The summed E-state index contributed by atoms with van der Waals surface area (Å²) < 4.78 is 27.7. The van der Waals surface area contributed by atoms with E-state index in [0.29, 0.717) is 0 Å². The average Bonchev–Trinajstić information content (AvgIpc) is 2.51. The zero-order valence-electron chi connectivity index (χ0n) is 8.57. The molecule has 0 amide bonds. The molecule has 80 valence electrons. The number of hydrogen-bond donors (Lipinski definition) is 0. The fourth-order valence-electron chi connectivity index (χ4n) is 0.808. The summed E-state index contributed by atoms with van der Waals surface area (Å²) >= 11 is 1.15. The quantitative estimate of drug-likeness (QED) is 0.795. The molecule has 0 atom stereocenters. The molecule has 0 saturated carbocycles. The van der Waals surface area contributed by atoms with Gasteiger partial charge in [-0.05, 0) is 13.8 Å². The van der Waals surface area contributed by atoms with Gasteiger partial charge in [0.25, 0.3) is 0 Å². The van der Waals surface area contributed by atoms with Gasteiger partial charge in [0.05, 0.1) is 10.5 Å². The van der Waals surface area contributed by atoms with E-state index in [9.17, 15) is 8.42 Å². The van der Waals surface area contributed by atoms with E-state index in [1.54, 1.807) is 13.3 Å². The van der Waals surface area contributed by atoms with E-state index >= 15 is 0 Å². The van der Waals surface area contributed by atoms with E-state index in [0.717, 1.165) is 22.5 Å². The molecule has 0 radical (unpaired) electrons. The van der Waals surface area contributed by atoms with Gasteiger partial charge in [0.15, 0.2) is 0 Å². The van der Waals surface area contributed by atoms with Gasteiger partial charge < -0.3 is 4.74 Å². The summed E-state index contributed by atoms with van der Waals surface area (Å²) in [5, 5.41) is 0. The molecule has 1 heterocycles. The van der Waals surface area contributed by atoms with E-state index in [4.69, 9.17) is 4.74 Å². The standard InChI is InChI=1S/C8H13NO3S2/c1-8(2,12-3)6-5-9-7(13-6)14(4,10)11/h5H,1-4H3. The van der Waals surface area contributed by atoms with Crippen LogP contribution in [-0.4, -0.2) is 26.8 Å². The van der Waals surface area contributed by atoms with Crippen molar-refractivity contribution in [2.45, 2.75) is 23.8 Å². The van der Waals surface area contributed by atoms with Gasteiger partial charge in [-0.15, -0.1) is 11.3 Å². The topological polar surface area (TPSA) is 56.3 Å². The Bertz CT molecular complexity index is 420. The summed E-state index contributed by atoms with van der Waals surface area (Å²) in [6, 6.07) is 0. The molecule has 0 N–H and O–H groups in total. The SMILES string of the molecule is COC(C)(C)c1cnc(S(C)(=O)=O)s1. The lowest BCUT2D eigenvalue weighted by Crippen LogP contribution is -2.17. The van der Waals surface area contributed by atoms with Crippen molar-refractivity contribution in [3.63, 3.8) is 0 Å². The van der Waals surface area contributed by atoms with Crippen molar-refractivity contribution < 1.29 is 13.2 Å². The molecule has 14 heavy (non-hydrogen) atoms. The van der Waals surface area contributed by atoms with Gasteiger partial charge in [0.1, 0.15) is 0 Å². The lowest BCUT2D eigenvalue weighted by molar-refractivity contribution is 0.0222. The van der Waals surface area contributed by atoms with Crippen LogP contribution in [0.2, 0.25) is 0 Å². The van der Waals surface area contributed by atoms with Gasteiger partial charge in [-0.1, -0.05) is 0 Å². The third-order valence-electron chi connectivity index (χ3n) is 1.91. The van der Waals surface area contributed by atoms with Crippen LogP contribution in [0.4, 0.5) is 0 Å². The molecule has 6 heteroatoms.